The molecule has 0 aromatic heterocycles. The minimum absolute atomic E-state index is 0.0953. The molecule has 1 fully saturated rings. The highest BCUT2D eigenvalue weighted by Gasteiger charge is 2.33. The number of nitrogens with zero attached hydrogens (tertiary/aromatic N) is 1. The molecule has 1 atom stereocenters. The van der Waals surface area contributed by atoms with E-state index in [1.54, 1.807) is 6.07 Å². The summed E-state index contributed by atoms with van der Waals surface area (Å²) >= 11 is 5.92. The van der Waals surface area contributed by atoms with Gasteiger partial charge in [-0.2, -0.15) is 0 Å². The molecule has 1 saturated heterocycles. The third kappa shape index (κ3) is 2.18. The molecule has 1 unspecified atom stereocenters. The van der Waals surface area contributed by atoms with E-state index >= 15 is 0 Å². The van der Waals surface area contributed by atoms with E-state index in [4.69, 9.17) is 21.2 Å². The maximum absolute atomic E-state index is 12.2. The van der Waals surface area contributed by atoms with Crippen molar-refractivity contribution in [2.75, 3.05) is 13.2 Å². The number of carbonyl (C=O) groups excluding carboxylic acids is 1. The van der Waals surface area contributed by atoms with Crippen LogP contribution in [0.3, 0.4) is 0 Å². The van der Waals surface area contributed by atoms with Crippen LogP contribution in [0.15, 0.2) is 18.2 Å². The minimum atomic E-state index is -0.475. The van der Waals surface area contributed by atoms with E-state index in [-0.39, 0.29) is 5.91 Å². The van der Waals surface area contributed by atoms with E-state index in [2.05, 4.69) is 0 Å². The first-order valence-corrected chi connectivity index (χ1v) is 6.51. The lowest BCUT2D eigenvalue weighted by atomic mass is 10.1. The summed E-state index contributed by atoms with van der Waals surface area (Å²) in [7, 11) is 0. The lowest BCUT2D eigenvalue weighted by Gasteiger charge is -2.27. The van der Waals surface area contributed by atoms with E-state index in [0.29, 0.717) is 24.6 Å². The molecule has 2 aliphatic heterocycles. The number of carbonyl (C=O) groups is 1. The van der Waals surface area contributed by atoms with Crippen LogP contribution in [0, 0.1) is 0 Å². The molecule has 1 amide bonds. The van der Waals surface area contributed by atoms with Crippen LogP contribution in [0.25, 0.3) is 0 Å². The molecule has 0 saturated carbocycles. The number of hydrogen-bond acceptors (Lipinski definition) is 3. The first-order chi connectivity index (χ1) is 8.74. The van der Waals surface area contributed by atoms with Gasteiger partial charge in [-0.25, -0.2) is 5.06 Å². The quantitative estimate of drug-likeness (QED) is 0.783. The molecule has 5 heteroatoms. The van der Waals surface area contributed by atoms with Crippen LogP contribution in [0.4, 0.5) is 0 Å². The molecule has 18 heavy (non-hydrogen) atoms. The molecule has 0 radical (unpaired) electrons. The van der Waals surface area contributed by atoms with Gasteiger partial charge in [-0.05, 0) is 36.6 Å². The highest BCUT2D eigenvalue weighted by Crippen LogP contribution is 2.31. The fourth-order valence-corrected chi connectivity index (χ4v) is 2.48. The van der Waals surface area contributed by atoms with Gasteiger partial charge in [0.2, 0.25) is 0 Å². The number of rotatable bonds is 1. The summed E-state index contributed by atoms with van der Waals surface area (Å²) < 4.78 is 5.65. The van der Waals surface area contributed by atoms with Gasteiger partial charge in [-0.1, -0.05) is 11.6 Å². The summed E-state index contributed by atoms with van der Waals surface area (Å²) in [5.74, 6) is 0.650. The minimum Gasteiger partial charge on any atom is -0.480 e. The van der Waals surface area contributed by atoms with E-state index in [1.807, 2.05) is 12.1 Å². The highest BCUT2D eigenvalue weighted by molar-refractivity contribution is 6.30. The zero-order valence-corrected chi connectivity index (χ0v) is 10.7. The number of benzene rings is 1. The Bertz CT molecular complexity index is 471. The largest absolute Gasteiger partial charge is 0.480 e. The average molecular weight is 268 g/mol. The van der Waals surface area contributed by atoms with Gasteiger partial charge in [0.15, 0.2) is 6.10 Å². The monoisotopic (exact) mass is 267 g/mol. The zero-order valence-electron chi connectivity index (χ0n) is 9.89. The molecule has 2 aliphatic rings. The summed E-state index contributed by atoms with van der Waals surface area (Å²) in [6.45, 7) is 1.26. The Morgan fingerprint density at radius 3 is 3.06 bits per heavy atom. The van der Waals surface area contributed by atoms with Crippen LogP contribution < -0.4 is 4.74 Å². The highest BCUT2D eigenvalue weighted by atomic mass is 35.5. The number of hydroxylamine groups is 2. The molecular weight excluding hydrogens is 254 g/mol. The van der Waals surface area contributed by atoms with Gasteiger partial charge in [0.25, 0.3) is 5.91 Å². The second-order valence-corrected chi connectivity index (χ2v) is 4.98. The van der Waals surface area contributed by atoms with Crippen molar-refractivity contribution in [3.63, 3.8) is 0 Å². The van der Waals surface area contributed by atoms with Crippen molar-refractivity contribution in [1.82, 2.24) is 5.06 Å². The summed E-state index contributed by atoms with van der Waals surface area (Å²) in [5, 5.41) is 2.10. The maximum atomic E-state index is 12.2. The molecule has 96 valence electrons. The Balaban J connectivity index is 1.71. The number of halogens is 1. The molecule has 1 aromatic carbocycles. The van der Waals surface area contributed by atoms with Crippen molar-refractivity contribution in [2.24, 2.45) is 0 Å². The van der Waals surface area contributed by atoms with Crippen LogP contribution in [0.2, 0.25) is 5.02 Å². The summed E-state index contributed by atoms with van der Waals surface area (Å²) in [4.78, 5) is 17.5. The first kappa shape index (κ1) is 11.8. The number of fused-ring (bicyclic) bond motifs is 1. The molecule has 0 aliphatic carbocycles. The Labute approximate surface area is 110 Å². The molecule has 3 rings (SSSR count). The van der Waals surface area contributed by atoms with Crippen molar-refractivity contribution in [3.05, 3.63) is 28.8 Å². The van der Waals surface area contributed by atoms with Gasteiger partial charge < -0.3 is 4.74 Å². The summed E-state index contributed by atoms with van der Waals surface area (Å²) in [6, 6.07) is 5.42. The van der Waals surface area contributed by atoms with E-state index < -0.39 is 6.10 Å². The third-order valence-corrected chi connectivity index (χ3v) is 3.46. The van der Waals surface area contributed by atoms with Crippen molar-refractivity contribution in [2.45, 2.75) is 25.4 Å². The zero-order chi connectivity index (χ0) is 12.5. The predicted octanol–water partition coefficient (Wildman–Crippen LogP) is 2.20. The van der Waals surface area contributed by atoms with Crippen molar-refractivity contribution >= 4 is 17.5 Å². The molecule has 1 aromatic rings. The van der Waals surface area contributed by atoms with Crippen LogP contribution in [0.5, 0.6) is 5.75 Å². The van der Waals surface area contributed by atoms with E-state index in [9.17, 15) is 4.79 Å². The second kappa shape index (κ2) is 4.78. The topological polar surface area (TPSA) is 38.8 Å². The smallest absolute Gasteiger partial charge is 0.287 e. The lowest BCUT2D eigenvalue weighted by Crippen LogP contribution is -2.43. The van der Waals surface area contributed by atoms with E-state index in [1.165, 1.54) is 5.06 Å². The van der Waals surface area contributed by atoms with Gasteiger partial charge >= 0.3 is 0 Å². The van der Waals surface area contributed by atoms with Crippen molar-refractivity contribution < 1.29 is 14.4 Å². The standard InChI is InChI=1S/C13H14ClNO3/c14-10-3-4-11-9(7-10)8-12(18-11)13(16)15-5-1-2-6-17-15/h3-4,7,12H,1-2,5-6,8H2. The SMILES string of the molecule is O=C(C1Cc2cc(Cl)ccc2O1)N1CCCCO1. The first-order valence-electron chi connectivity index (χ1n) is 6.13. The van der Waals surface area contributed by atoms with E-state index in [0.717, 1.165) is 24.2 Å². The predicted molar refractivity (Wildman–Crippen MR) is 66.5 cm³/mol. The summed E-state index contributed by atoms with van der Waals surface area (Å²) in [6.07, 6.45) is 2.08. The fraction of sp³-hybridized carbons (Fsp3) is 0.462. The molecule has 0 N–H and O–H groups in total. The van der Waals surface area contributed by atoms with Gasteiger partial charge in [0.05, 0.1) is 6.61 Å². The van der Waals surface area contributed by atoms with Gasteiger partial charge in [-0.15, -0.1) is 0 Å². The number of amides is 1. The molecular formula is C13H14ClNO3. The van der Waals surface area contributed by atoms with Crippen LogP contribution in [0.1, 0.15) is 18.4 Å². The number of hydrogen-bond donors (Lipinski definition) is 0. The fourth-order valence-electron chi connectivity index (χ4n) is 2.29. The van der Waals surface area contributed by atoms with Crippen molar-refractivity contribution in [1.29, 1.82) is 0 Å². The maximum Gasteiger partial charge on any atom is 0.287 e. The van der Waals surface area contributed by atoms with Crippen LogP contribution in [-0.4, -0.2) is 30.2 Å². The Kier molecular flexibility index (Phi) is 3.14. The third-order valence-electron chi connectivity index (χ3n) is 3.22. The lowest BCUT2D eigenvalue weighted by molar-refractivity contribution is -0.203. The summed E-state index contributed by atoms with van der Waals surface area (Å²) in [5.41, 5.74) is 0.984. The Hall–Kier alpha value is -1.26. The van der Waals surface area contributed by atoms with Gasteiger partial charge in [0.1, 0.15) is 5.75 Å². The van der Waals surface area contributed by atoms with Crippen molar-refractivity contribution in [3.8, 4) is 5.75 Å². The Morgan fingerprint density at radius 2 is 2.28 bits per heavy atom. The average Bonchev–Trinajstić information content (AvgIpc) is 2.81. The van der Waals surface area contributed by atoms with Crippen LogP contribution in [-0.2, 0) is 16.1 Å². The Morgan fingerprint density at radius 1 is 1.39 bits per heavy atom. The second-order valence-electron chi connectivity index (χ2n) is 4.54. The molecule has 4 nitrogen and oxygen atoms in total. The molecule has 0 spiro atoms. The van der Waals surface area contributed by atoms with Gasteiger partial charge in [0, 0.05) is 18.0 Å². The van der Waals surface area contributed by atoms with Gasteiger partial charge in [-0.3, -0.25) is 9.63 Å². The molecule has 0 bridgehead atoms. The normalized spacial score (nSPS) is 22.5. The molecule has 2 heterocycles. The van der Waals surface area contributed by atoms with Crippen LogP contribution >= 0.6 is 11.6 Å². The number of ether oxygens (including phenoxy) is 1.